The maximum atomic E-state index is 11.8. The van der Waals surface area contributed by atoms with Gasteiger partial charge in [0.15, 0.2) is 0 Å². The Hall–Kier alpha value is -1.86. The first-order valence-electron chi connectivity index (χ1n) is 6.20. The van der Waals surface area contributed by atoms with Crippen molar-refractivity contribution in [3.63, 3.8) is 0 Å². The van der Waals surface area contributed by atoms with Crippen LogP contribution < -0.4 is 10.9 Å². The average molecular weight is 298 g/mol. The summed E-state index contributed by atoms with van der Waals surface area (Å²) in [4.78, 5) is 11.8. The summed E-state index contributed by atoms with van der Waals surface area (Å²) in [6.45, 7) is 0.574. The maximum absolute atomic E-state index is 11.8. The van der Waals surface area contributed by atoms with Crippen molar-refractivity contribution in [2.24, 2.45) is 7.05 Å². The highest BCUT2D eigenvalue weighted by Gasteiger charge is 2.08. The Balaban J connectivity index is 1.99. The fourth-order valence-electron chi connectivity index (χ4n) is 1.76. The molecule has 108 valence electrons. The molecule has 0 aliphatic carbocycles. The second kappa shape index (κ2) is 6.53. The molecule has 2 aromatic heterocycles. The Labute approximate surface area is 120 Å². The molecule has 0 saturated carbocycles. The Morgan fingerprint density at radius 3 is 2.95 bits per heavy atom. The van der Waals surface area contributed by atoms with E-state index in [4.69, 9.17) is 16.7 Å². The van der Waals surface area contributed by atoms with Gasteiger partial charge in [-0.2, -0.15) is 10.2 Å². The van der Waals surface area contributed by atoms with Gasteiger partial charge < -0.3 is 10.4 Å². The van der Waals surface area contributed by atoms with E-state index in [0.717, 1.165) is 16.8 Å². The van der Waals surface area contributed by atoms with Crippen LogP contribution in [0.5, 0.6) is 0 Å². The highest BCUT2D eigenvalue weighted by molar-refractivity contribution is 6.32. The molecule has 2 aromatic rings. The third kappa shape index (κ3) is 3.37. The predicted octanol–water partition coefficient (Wildman–Crippen LogP) is 0.277. The summed E-state index contributed by atoms with van der Waals surface area (Å²) in [5.74, 6) is 0. The Morgan fingerprint density at radius 1 is 1.50 bits per heavy atom. The van der Waals surface area contributed by atoms with Gasteiger partial charge in [-0.15, -0.1) is 0 Å². The van der Waals surface area contributed by atoms with Crippen LogP contribution in [0, 0.1) is 0 Å². The van der Waals surface area contributed by atoms with Gasteiger partial charge in [0.25, 0.3) is 5.56 Å². The highest BCUT2D eigenvalue weighted by atomic mass is 35.5. The molecule has 0 radical (unpaired) electrons. The molecule has 2 N–H and O–H groups in total. The van der Waals surface area contributed by atoms with E-state index >= 15 is 0 Å². The van der Waals surface area contributed by atoms with Crippen molar-refractivity contribution in [2.75, 3.05) is 18.5 Å². The van der Waals surface area contributed by atoms with E-state index in [0.29, 0.717) is 12.2 Å². The zero-order valence-corrected chi connectivity index (χ0v) is 11.8. The van der Waals surface area contributed by atoms with Gasteiger partial charge in [-0.1, -0.05) is 11.6 Å². The molecule has 0 atom stereocenters. The van der Waals surface area contributed by atoms with Crippen LogP contribution in [0.2, 0.25) is 5.02 Å². The number of aliphatic hydroxyl groups is 1. The summed E-state index contributed by atoms with van der Waals surface area (Å²) in [5, 5.41) is 20.1. The predicted molar refractivity (Wildman–Crippen MR) is 76.0 cm³/mol. The lowest BCUT2D eigenvalue weighted by Crippen LogP contribution is -2.25. The van der Waals surface area contributed by atoms with Crippen molar-refractivity contribution < 1.29 is 5.11 Å². The summed E-state index contributed by atoms with van der Waals surface area (Å²) in [7, 11) is 1.86. The van der Waals surface area contributed by atoms with Crippen molar-refractivity contribution >= 4 is 17.3 Å². The largest absolute Gasteiger partial charge is 0.394 e. The van der Waals surface area contributed by atoms with Crippen molar-refractivity contribution in [3.05, 3.63) is 39.5 Å². The number of nitrogens with zero attached hydrogens (tertiary/aromatic N) is 4. The van der Waals surface area contributed by atoms with Crippen LogP contribution >= 0.6 is 11.6 Å². The lowest BCUT2D eigenvalue weighted by molar-refractivity contribution is 0.266. The molecule has 0 saturated heterocycles. The first-order chi connectivity index (χ1) is 9.61. The number of halogens is 1. The molecule has 0 spiro atoms. The molecule has 0 aliphatic heterocycles. The Bertz CT molecular complexity index is 637. The standard InChI is InChI=1S/C12H16ClN5O2/c1-17-5-3-9(16-17)2-4-14-10-8-15-18(6-7-19)12(20)11(10)13/h3,5,8,14,19H,2,4,6-7H2,1H3. The summed E-state index contributed by atoms with van der Waals surface area (Å²) in [6, 6.07) is 1.93. The molecule has 2 rings (SSSR count). The van der Waals surface area contributed by atoms with Crippen LogP contribution in [0.1, 0.15) is 5.69 Å². The first-order valence-corrected chi connectivity index (χ1v) is 6.58. The maximum Gasteiger partial charge on any atom is 0.287 e. The van der Waals surface area contributed by atoms with E-state index in [9.17, 15) is 4.79 Å². The minimum absolute atomic E-state index is 0.0782. The molecular weight excluding hydrogens is 282 g/mol. The Kier molecular flexibility index (Phi) is 4.75. The van der Waals surface area contributed by atoms with Crippen molar-refractivity contribution in [1.82, 2.24) is 19.6 Å². The van der Waals surface area contributed by atoms with Gasteiger partial charge in [-0.05, 0) is 6.07 Å². The van der Waals surface area contributed by atoms with Crippen molar-refractivity contribution in [2.45, 2.75) is 13.0 Å². The van der Waals surface area contributed by atoms with E-state index in [1.165, 1.54) is 6.20 Å². The fraction of sp³-hybridized carbons (Fsp3) is 0.417. The van der Waals surface area contributed by atoms with Crippen LogP contribution in [-0.2, 0) is 20.0 Å². The first kappa shape index (κ1) is 14.5. The van der Waals surface area contributed by atoms with Gasteiger partial charge in [0.05, 0.1) is 30.7 Å². The summed E-state index contributed by atoms with van der Waals surface area (Å²) in [5.41, 5.74) is 1.03. The topological polar surface area (TPSA) is 85.0 Å². The molecule has 20 heavy (non-hydrogen) atoms. The van der Waals surface area contributed by atoms with E-state index in [1.807, 2.05) is 19.3 Å². The average Bonchev–Trinajstić information content (AvgIpc) is 2.84. The van der Waals surface area contributed by atoms with Crippen LogP contribution in [0.4, 0.5) is 5.69 Å². The summed E-state index contributed by atoms with van der Waals surface area (Å²) < 4.78 is 2.87. The molecule has 0 bridgehead atoms. The van der Waals surface area contributed by atoms with E-state index in [1.54, 1.807) is 4.68 Å². The molecule has 8 heteroatoms. The smallest absolute Gasteiger partial charge is 0.287 e. The van der Waals surface area contributed by atoms with E-state index in [2.05, 4.69) is 15.5 Å². The Morgan fingerprint density at radius 2 is 2.30 bits per heavy atom. The molecule has 0 aromatic carbocycles. The van der Waals surface area contributed by atoms with Crippen LogP contribution in [0.15, 0.2) is 23.3 Å². The highest BCUT2D eigenvalue weighted by Crippen LogP contribution is 2.15. The monoisotopic (exact) mass is 297 g/mol. The van der Waals surface area contributed by atoms with Gasteiger partial charge in [-0.25, -0.2) is 4.68 Å². The second-order valence-electron chi connectivity index (χ2n) is 4.28. The molecular formula is C12H16ClN5O2. The lowest BCUT2D eigenvalue weighted by Gasteiger charge is -2.09. The van der Waals surface area contributed by atoms with Gasteiger partial charge >= 0.3 is 0 Å². The fourth-order valence-corrected chi connectivity index (χ4v) is 1.98. The van der Waals surface area contributed by atoms with E-state index < -0.39 is 5.56 Å². The second-order valence-corrected chi connectivity index (χ2v) is 4.66. The van der Waals surface area contributed by atoms with E-state index in [-0.39, 0.29) is 18.2 Å². The number of rotatable bonds is 6. The van der Waals surface area contributed by atoms with Crippen molar-refractivity contribution in [1.29, 1.82) is 0 Å². The van der Waals surface area contributed by atoms with Gasteiger partial charge in [0, 0.05) is 26.2 Å². The normalized spacial score (nSPS) is 10.8. The number of nitrogens with one attached hydrogen (secondary N) is 1. The third-order valence-electron chi connectivity index (χ3n) is 2.76. The number of aryl methyl sites for hydroxylation is 1. The molecule has 0 amide bonds. The quantitative estimate of drug-likeness (QED) is 0.800. The molecule has 0 aliphatic rings. The SMILES string of the molecule is Cn1ccc(CCNc2cnn(CCO)c(=O)c2Cl)n1. The number of hydrogen-bond acceptors (Lipinski definition) is 5. The molecule has 2 heterocycles. The summed E-state index contributed by atoms with van der Waals surface area (Å²) in [6.07, 6.45) is 4.08. The number of aliphatic hydroxyl groups excluding tert-OH is 1. The zero-order chi connectivity index (χ0) is 14.5. The van der Waals surface area contributed by atoms with Crippen LogP contribution in [-0.4, -0.2) is 37.8 Å². The molecule has 0 unspecified atom stereocenters. The number of anilines is 1. The third-order valence-corrected chi connectivity index (χ3v) is 3.13. The molecule has 0 fully saturated rings. The van der Waals surface area contributed by atoms with Gasteiger partial charge in [0.2, 0.25) is 0 Å². The zero-order valence-electron chi connectivity index (χ0n) is 11.1. The summed E-state index contributed by atoms with van der Waals surface area (Å²) >= 11 is 5.98. The van der Waals surface area contributed by atoms with Crippen LogP contribution in [0.25, 0.3) is 0 Å². The number of hydrogen-bond donors (Lipinski definition) is 2. The van der Waals surface area contributed by atoms with Crippen LogP contribution in [0.3, 0.4) is 0 Å². The minimum atomic E-state index is -0.413. The van der Waals surface area contributed by atoms with Crippen molar-refractivity contribution in [3.8, 4) is 0 Å². The number of aromatic nitrogens is 4. The molecule has 7 nitrogen and oxygen atoms in total. The van der Waals surface area contributed by atoms with Gasteiger partial charge in [0.1, 0.15) is 5.02 Å². The van der Waals surface area contributed by atoms with Gasteiger partial charge in [-0.3, -0.25) is 9.48 Å². The lowest BCUT2D eigenvalue weighted by atomic mass is 10.3. The minimum Gasteiger partial charge on any atom is -0.394 e.